The number of hydrogen-bond acceptors (Lipinski definition) is 2. The molecule has 0 aliphatic heterocycles. The molecule has 0 saturated carbocycles. The average Bonchev–Trinajstić information content (AvgIpc) is 2.42. The van der Waals surface area contributed by atoms with Gasteiger partial charge in [-0.25, -0.2) is 4.79 Å². The maximum Gasteiger partial charge on any atom is 0.416 e. The lowest BCUT2D eigenvalue weighted by Gasteiger charge is -2.11. The molecule has 0 unspecified atom stereocenters. The Morgan fingerprint density at radius 2 is 1.82 bits per heavy atom. The molecule has 0 fully saturated rings. The molecule has 0 spiro atoms. The van der Waals surface area contributed by atoms with Crippen LogP contribution in [0.15, 0.2) is 46.9 Å². The summed E-state index contributed by atoms with van der Waals surface area (Å²) in [7, 11) is 0. The van der Waals surface area contributed by atoms with Crippen LogP contribution in [0.5, 0.6) is 5.75 Å². The van der Waals surface area contributed by atoms with E-state index in [-0.39, 0.29) is 17.1 Å². The number of hydrogen-bond donors (Lipinski definition) is 3. The summed E-state index contributed by atoms with van der Waals surface area (Å²) in [5.74, 6) is -0.164. The van der Waals surface area contributed by atoms with Crippen molar-refractivity contribution in [3.05, 3.63) is 52.5 Å². The molecule has 22 heavy (non-hydrogen) atoms. The molecule has 0 aliphatic rings. The quantitative estimate of drug-likeness (QED) is 0.660. The monoisotopic (exact) mass is 374 g/mol. The van der Waals surface area contributed by atoms with Gasteiger partial charge in [-0.15, -0.1) is 0 Å². The van der Waals surface area contributed by atoms with E-state index in [0.717, 1.165) is 12.1 Å². The molecular formula is C14H10BrF3N2O2. The Bertz CT molecular complexity index is 705. The zero-order valence-corrected chi connectivity index (χ0v) is 12.5. The van der Waals surface area contributed by atoms with E-state index in [9.17, 15) is 23.1 Å². The van der Waals surface area contributed by atoms with E-state index in [1.807, 2.05) is 0 Å². The van der Waals surface area contributed by atoms with E-state index >= 15 is 0 Å². The van der Waals surface area contributed by atoms with Crippen LogP contribution in [0, 0.1) is 0 Å². The van der Waals surface area contributed by atoms with Crippen LogP contribution in [0.25, 0.3) is 0 Å². The number of halogens is 4. The Morgan fingerprint density at radius 3 is 2.50 bits per heavy atom. The second-order valence-electron chi connectivity index (χ2n) is 4.32. The summed E-state index contributed by atoms with van der Waals surface area (Å²) in [6, 6.07) is 7.87. The number of carbonyl (C=O) groups excluding carboxylic acids is 1. The van der Waals surface area contributed by atoms with E-state index < -0.39 is 17.8 Å². The van der Waals surface area contributed by atoms with Crippen LogP contribution in [0.2, 0.25) is 0 Å². The van der Waals surface area contributed by atoms with E-state index in [1.165, 1.54) is 24.3 Å². The number of benzene rings is 2. The summed E-state index contributed by atoms with van der Waals surface area (Å²) in [6.07, 6.45) is -4.49. The molecule has 0 radical (unpaired) electrons. The predicted molar refractivity (Wildman–Crippen MR) is 79.9 cm³/mol. The Morgan fingerprint density at radius 1 is 1.09 bits per heavy atom. The number of nitrogens with one attached hydrogen (secondary N) is 2. The van der Waals surface area contributed by atoms with Gasteiger partial charge in [0.05, 0.1) is 11.3 Å². The molecule has 0 heterocycles. The Balaban J connectivity index is 2.11. The fraction of sp³-hybridized carbons (Fsp3) is 0.0714. The molecule has 2 aromatic carbocycles. The van der Waals surface area contributed by atoms with Gasteiger partial charge in [0, 0.05) is 10.2 Å². The second-order valence-corrected chi connectivity index (χ2v) is 5.23. The molecule has 4 nitrogen and oxygen atoms in total. The van der Waals surface area contributed by atoms with Crippen molar-refractivity contribution in [2.75, 3.05) is 10.6 Å². The molecular weight excluding hydrogens is 365 g/mol. The number of alkyl halides is 3. The van der Waals surface area contributed by atoms with Crippen LogP contribution >= 0.6 is 15.9 Å². The fourth-order valence-corrected chi connectivity index (χ4v) is 2.03. The highest BCUT2D eigenvalue weighted by atomic mass is 79.9. The molecule has 0 saturated heterocycles. The zero-order valence-electron chi connectivity index (χ0n) is 10.9. The van der Waals surface area contributed by atoms with Gasteiger partial charge < -0.3 is 15.7 Å². The van der Waals surface area contributed by atoms with Crippen molar-refractivity contribution >= 4 is 33.3 Å². The van der Waals surface area contributed by atoms with Gasteiger partial charge in [-0.1, -0.05) is 22.0 Å². The van der Waals surface area contributed by atoms with Gasteiger partial charge >= 0.3 is 12.2 Å². The molecule has 0 aliphatic carbocycles. The van der Waals surface area contributed by atoms with Crippen LogP contribution in [0.1, 0.15) is 5.56 Å². The summed E-state index contributed by atoms with van der Waals surface area (Å²) < 4.78 is 38.4. The Hall–Kier alpha value is -2.22. The van der Waals surface area contributed by atoms with Gasteiger partial charge in [0.15, 0.2) is 0 Å². The van der Waals surface area contributed by atoms with E-state index in [1.54, 1.807) is 6.07 Å². The number of carbonyl (C=O) groups is 1. The molecule has 2 aromatic rings. The molecule has 116 valence electrons. The number of urea groups is 1. The number of phenols is 1. The number of aromatic hydroxyl groups is 1. The summed E-state index contributed by atoms with van der Waals surface area (Å²) in [6.45, 7) is 0. The minimum atomic E-state index is -4.49. The van der Waals surface area contributed by atoms with Crippen molar-refractivity contribution in [1.82, 2.24) is 0 Å². The SMILES string of the molecule is O=C(Nc1cccc(C(F)(F)F)c1)Nc1cc(Br)ccc1O. The second kappa shape index (κ2) is 6.27. The van der Waals surface area contributed by atoms with Crippen molar-refractivity contribution < 1.29 is 23.1 Å². The van der Waals surface area contributed by atoms with Crippen LogP contribution in [-0.2, 0) is 6.18 Å². The minimum absolute atomic E-state index is 0.0122. The molecule has 0 aromatic heterocycles. The van der Waals surface area contributed by atoms with Gasteiger partial charge in [0.2, 0.25) is 0 Å². The first-order valence-electron chi connectivity index (χ1n) is 5.99. The highest BCUT2D eigenvalue weighted by molar-refractivity contribution is 9.10. The first-order valence-corrected chi connectivity index (χ1v) is 6.79. The third-order valence-electron chi connectivity index (χ3n) is 2.65. The van der Waals surface area contributed by atoms with Crippen LogP contribution in [-0.4, -0.2) is 11.1 Å². The maximum absolute atomic E-state index is 12.6. The Kier molecular flexibility index (Phi) is 4.60. The highest BCUT2D eigenvalue weighted by Crippen LogP contribution is 2.31. The van der Waals surface area contributed by atoms with Crippen LogP contribution < -0.4 is 10.6 Å². The largest absolute Gasteiger partial charge is 0.506 e. The molecule has 0 bridgehead atoms. The van der Waals surface area contributed by atoms with Crippen molar-refractivity contribution in [3.8, 4) is 5.75 Å². The number of phenolic OH excluding ortho intramolecular Hbond substituents is 1. The lowest BCUT2D eigenvalue weighted by molar-refractivity contribution is -0.137. The summed E-state index contributed by atoms with van der Waals surface area (Å²) >= 11 is 3.18. The normalized spacial score (nSPS) is 11.1. The molecule has 0 atom stereocenters. The lowest BCUT2D eigenvalue weighted by atomic mass is 10.2. The zero-order chi connectivity index (χ0) is 16.3. The number of amides is 2. The summed E-state index contributed by atoms with van der Waals surface area (Å²) in [5.41, 5.74) is -0.753. The van der Waals surface area contributed by atoms with Crippen LogP contribution in [0.4, 0.5) is 29.3 Å². The Labute approximate surface area is 132 Å². The molecule has 2 amide bonds. The predicted octanol–water partition coefficient (Wildman–Crippen LogP) is 4.82. The summed E-state index contributed by atoms with van der Waals surface area (Å²) in [4.78, 5) is 11.8. The smallest absolute Gasteiger partial charge is 0.416 e. The van der Waals surface area contributed by atoms with Crippen molar-refractivity contribution in [2.24, 2.45) is 0 Å². The van der Waals surface area contributed by atoms with Gasteiger partial charge in [-0.05, 0) is 36.4 Å². The van der Waals surface area contributed by atoms with Gasteiger partial charge in [-0.3, -0.25) is 0 Å². The van der Waals surface area contributed by atoms with E-state index in [2.05, 4.69) is 26.6 Å². The average molecular weight is 375 g/mol. The number of anilines is 2. The molecule has 3 N–H and O–H groups in total. The highest BCUT2D eigenvalue weighted by Gasteiger charge is 2.30. The molecule has 2 rings (SSSR count). The fourth-order valence-electron chi connectivity index (χ4n) is 1.67. The third-order valence-corrected chi connectivity index (χ3v) is 3.15. The van der Waals surface area contributed by atoms with Crippen LogP contribution in [0.3, 0.4) is 0 Å². The van der Waals surface area contributed by atoms with E-state index in [0.29, 0.717) is 4.47 Å². The minimum Gasteiger partial charge on any atom is -0.506 e. The third kappa shape index (κ3) is 4.14. The first-order chi connectivity index (χ1) is 10.3. The maximum atomic E-state index is 12.6. The van der Waals surface area contributed by atoms with Crippen molar-refractivity contribution in [1.29, 1.82) is 0 Å². The van der Waals surface area contributed by atoms with Gasteiger partial charge in [0.1, 0.15) is 5.75 Å². The first kappa shape index (κ1) is 16.2. The molecule has 8 heteroatoms. The van der Waals surface area contributed by atoms with Gasteiger partial charge in [-0.2, -0.15) is 13.2 Å². The topological polar surface area (TPSA) is 61.4 Å². The summed E-state index contributed by atoms with van der Waals surface area (Å²) in [5, 5.41) is 14.2. The van der Waals surface area contributed by atoms with Crippen molar-refractivity contribution in [3.63, 3.8) is 0 Å². The van der Waals surface area contributed by atoms with Gasteiger partial charge in [0.25, 0.3) is 0 Å². The lowest BCUT2D eigenvalue weighted by Crippen LogP contribution is -2.19. The number of rotatable bonds is 2. The van der Waals surface area contributed by atoms with E-state index in [4.69, 9.17) is 0 Å². The standard InChI is InChI=1S/C14H10BrF3N2O2/c15-9-4-5-12(21)11(7-9)20-13(22)19-10-3-1-2-8(6-10)14(16,17)18/h1-7,21H,(H2,19,20,22). The van der Waals surface area contributed by atoms with Crippen molar-refractivity contribution in [2.45, 2.75) is 6.18 Å².